The topological polar surface area (TPSA) is 57.6 Å². The van der Waals surface area contributed by atoms with Crippen LogP contribution in [-0.2, 0) is 4.79 Å². The van der Waals surface area contributed by atoms with Gasteiger partial charge in [0.05, 0.1) is 5.92 Å². The Morgan fingerprint density at radius 3 is 2.27 bits per heavy atom. The lowest BCUT2D eigenvalue weighted by molar-refractivity contribution is -0.143. The molecule has 1 amide bonds. The summed E-state index contributed by atoms with van der Waals surface area (Å²) in [7, 11) is 0. The summed E-state index contributed by atoms with van der Waals surface area (Å²) >= 11 is 0. The first-order valence-corrected chi connectivity index (χ1v) is 8.45. The van der Waals surface area contributed by atoms with Crippen LogP contribution in [0.1, 0.15) is 28.8 Å². The molecule has 1 aliphatic heterocycles. The van der Waals surface area contributed by atoms with Crippen LogP contribution in [0.2, 0.25) is 0 Å². The molecule has 1 N–H and O–H groups in total. The van der Waals surface area contributed by atoms with Crippen LogP contribution in [0.25, 0.3) is 11.1 Å². The van der Waals surface area contributed by atoms with Gasteiger partial charge in [0.1, 0.15) is 11.6 Å². The van der Waals surface area contributed by atoms with E-state index in [4.69, 9.17) is 5.11 Å². The number of halogens is 2. The maximum absolute atomic E-state index is 14.6. The zero-order valence-electron chi connectivity index (χ0n) is 14.3. The number of piperidine rings is 1. The molecule has 136 valence electrons. The number of carboxylic acid groups (broad SMARTS) is 1. The standard InChI is InChI=1S/C20H19F2NO3/c1-12-10-15(21)3-5-16(12)17-4-2-14(11-18(17)22)19(24)23-8-6-13(7-9-23)20(25)26/h2-5,10-11,13H,6-9H2,1H3,(H,25,26). The normalized spacial score (nSPS) is 15.1. The van der Waals surface area contributed by atoms with Crippen molar-refractivity contribution in [3.63, 3.8) is 0 Å². The largest absolute Gasteiger partial charge is 0.481 e. The smallest absolute Gasteiger partial charge is 0.306 e. The summed E-state index contributed by atoms with van der Waals surface area (Å²) in [4.78, 5) is 25.1. The summed E-state index contributed by atoms with van der Waals surface area (Å²) < 4.78 is 27.8. The zero-order valence-corrected chi connectivity index (χ0v) is 14.3. The van der Waals surface area contributed by atoms with Crippen LogP contribution in [0.3, 0.4) is 0 Å². The Morgan fingerprint density at radius 2 is 1.69 bits per heavy atom. The van der Waals surface area contributed by atoms with Crippen LogP contribution in [-0.4, -0.2) is 35.0 Å². The number of hydrogen-bond acceptors (Lipinski definition) is 2. The van der Waals surface area contributed by atoms with E-state index in [1.54, 1.807) is 17.9 Å². The Labute approximate surface area is 150 Å². The molecule has 26 heavy (non-hydrogen) atoms. The molecule has 0 aliphatic carbocycles. The van der Waals surface area contributed by atoms with Crippen molar-refractivity contribution in [2.75, 3.05) is 13.1 Å². The molecular weight excluding hydrogens is 340 g/mol. The van der Waals surface area contributed by atoms with Gasteiger partial charge in [-0.2, -0.15) is 0 Å². The average Bonchev–Trinajstić information content (AvgIpc) is 2.62. The minimum absolute atomic E-state index is 0.222. The second-order valence-electron chi connectivity index (χ2n) is 6.56. The van der Waals surface area contributed by atoms with Gasteiger partial charge in [0.15, 0.2) is 0 Å². The quantitative estimate of drug-likeness (QED) is 0.905. The first-order chi connectivity index (χ1) is 12.4. The monoisotopic (exact) mass is 359 g/mol. The van der Waals surface area contributed by atoms with Gasteiger partial charge in [0.25, 0.3) is 5.91 Å². The fraction of sp³-hybridized carbons (Fsp3) is 0.300. The Morgan fingerprint density at radius 1 is 1.04 bits per heavy atom. The van der Waals surface area contributed by atoms with E-state index in [2.05, 4.69) is 0 Å². The SMILES string of the molecule is Cc1cc(F)ccc1-c1ccc(C(=O)N2CCC(C(=O)O)CC2)cc1F. The molecule has 0 atom stereocenters. The van der Waals surface area contributed by atoms with Gasteiger partial charge in [0.2, 0.25) is 0 Å². The Hall–Kier alpha value is -2.76. The number of carbonyl (C=O) groups is 2. The molecule has 2 aromatic rings. The lowest BCUT2D eigenvalue weighted by Crippen LogP contribution is -2.40. The van der Waals surface area contributed by atoms with Crippen molar-refractivity contribution in [3.8, 4) is 11.1 Å². The fourth-order valence-electron chi connectivity index (χ4n) is 3.31. The molecule has 0 spiro atoms. The minimum atomic E-state index is -0.845. The molecular formula is C20H19F2NO3. The summed E-state index contributed by atoms with van der Waals surface area (Å²) in [5.41, 5.74) is 1.72. The summed E-state index contributed by atoms with van der Waals surface area (Å²) in [5, 5.41) is 9.02. The second kappa shape index (κ2) is 7.23. The zero-order chi connectivity index (χ0) is 18.8. The molecule has 0 aromatic heterocycles. The van der Waals surface area contributed by atoms with Crippen LogP contribution < -0.4 is 0 Å². The van der Waals surface area contributed by atoms with E-state index in [1.807, 2.05) is 0 Å². The van der Waals surface area contributed by atoms with Crippen molar-refractivity contribution < 1.29 is 23.5 Å². The van der Waals surface area contributed by atoms with Gasteiger partial charge in [-0.05, 0) is 55.2 Å². The lowest BCUT2D eigenvalue weighted by Gasteiger charge is -2.30. The number of benzene rings is 2. The molecule has 0 saturated carbocycles. The van der Waals surface area contributed by atoms with Crippen molar-refractivity contribution >= 4 is 11.9 Å². The number of hydrogen-bond donors (Lipinski definition) is 1. The van der Waals surface area contributed by atoms with Crippen molar-refractivity contribution in [1.29, 1.82) is 0 Å². The first kappa shape index (κ1) is 18.0. The summed E-state index contributed by atoms with van der Waals surface area (Å²) in [5.74, 6) is -2.52. The minimum Gasteiger partial charge on any atom is -0.481 e. The third-order valence-electron chi connectivity index (χ3n) is 4.83. The van der Waals surface area contributed by atoms with Crippen LogP contribution in [0.15, 0.2) is 36.4 Å². The number of likely N-dealkylation sites (tertiary alicyclic amines) is 1. The van der Waals surface area contributed by atoms with E-state index in [-0.39, 0.29) is 17.3 Å². The highest BCUT2D eigenvalue weighted by molar-refractivity contribution is 5.95. The van der Waals surface area contributed by atoms with Gasteiger partial charge >= 0.3 is 5.97 Å². The van der Waals surface area contributed by atoms with Crippen molar-refractivity contribution in [3.05, 3.63) is 59.2 Å². The molecule has 1 saturated heterocycles. The fourth-order valence-corrected chi connectivity index (χ4v) is 3.31. The van der Waals surface area contributed by atoms with Gasteiger partial charge in [-0.25, -0.2) is 8.78 Å². The molecule has 1 aliphatic rings. The number of rotatable bonds is 3. The third-order valence-corrected chi connectivity index (χ3v) is 4.83. The lowest BCUT2D eigenvalue weighted by atomic mass is 9.96. The van der Waals surface area contributed by atoms with Crippen LogP contribution in [0.4, 0.5) is 8.78 Å². The second-order valence-corrected chi connectivity index (χ2v) is 6.56. The van der Waals surface area contributed by atoms with Crippen LogP contribution >= 0.6 is 0 Å². The molecule has 6 heteroatoms. The molecule has 0 bridgehead atoms. The van der Waals surface area contributed by atoms with E-state index in [1.165, 1.54) is 30.3 Å². The molecule has 0 radical (unpaired) electrons. The van der Waals surface area contributed by atoms with E-state index in [9.17, 15) is 18.4 Å². The number of aryl methyl sites for hydroxylation is 1. The van der Waals surface area contributed by atoms with Gasteiger partial charge in [-0.1, -0.05) is 12.1 Å². The van der Waals surface area contributed by atoms with Gasteiger partial charge in [0, 0.05) is 24.2 Å². The average molecular weight is 359 g/mol. The number of carbonyl (C=O) groups excluding carboxylic acids is 1. The predicted molar refractivity (Wildman–Crippen MR) is 92.8 cm³/mol. The first-order valence-electron chi connectivity index (χ1n) is 8.45. The molecule has 0 unspecified atom stereocenters. The Kier molecular flexibility index (Phi) is 5.02. The number of nitrogens with zero attached hydrogens (tertiary/aromatic N) is 1. The van der Waals surface area contributed by atoms with Gasteiger partial charge in [-0.15, -0.1) is 0 Å². The van der Waals surface area contributed by atoms with E-state index < -0.39 is 17.7 Å². The highest BCUT2D eigenvalue weighted by Crippen LogP contribution is 2.28. The maximum atomic E-state index is 14.6. The predicted octanol–water partition coefficient (Wildman–Crippen LogP) is 3.88. The molecule has 1 heterocycles. The highest BCUT2D eigenvalue weighted by Gasteiger charge is 2.27. The molecule has 2 aromatic carbocycles. The van der Waals surface area contributed by atoms with Crippen molar-refractivity contribution in [1.82, 2.24) is 4.90 Å². The van der Waals surface area contributed by atoms with Gasteiger partial charge in [-0.3, -0.25) is 9.59 Å². The van der Waals surface area contributed by atoms with Crippen LogP contribution in [0, 0.1) is 24.5 Å². The Balaban J connectivity index is 1.79. The third kappa shape index (κ3) is 3.59. The molecule has 1 fully saturated rings. The Bertz CT molecular complexity index is 858. The number of carboxylic acids is 1. The summed E-state index contributed by atoms with van der Waals surface area (Å²) in [6, 6.07) is 8.37. The van der Waals surface area contributed by atoms with E-state index in [0.29, 0.717) is 42.6 Å². The van der Waals surface area contributed by atoms with Crippen molar-refractivity contribution in [2.24, 2.45) is 5.92 Å². The van der Waals surface area contributed by atoms with Crippen molar-refractivity contribution in [2.45, 2.75) is 19.8 Å². The van der Waals surface area contributed by atoms with Gasteiger partial charge < -0.3 is 10.0 Å². The number of amides is 1. The number of aliphatic carboxylic acids is 1. The molecule has 4 nitrogen and oxygen atoms in total. The maximum Gasteiger partial charge on any atom is 0.306 e. The van der Waals surface area contributed by atoms with Crippen LogP contribution in [0.5, 0.6) is 0 Å². The highest BCUT2D eigenvalue weighted by atomic mass is 19.1. The van der Waals surface area contributed by atoms with E-state index in [0.717, 1.165) is 0 Å². The van der Waals surface area contributed by atoms with E-state index >= 15 is 0 Å². The molecule has 3 rings (SSSR count). The summed E-state index contributed by atoms with van der Waals surface area (Å²) in [6.45, 7) is 2.38. The summed E-state index contributed by atoms with van der Waals surface area (Å²) in [6.07, 6.45) is 0.798.